The van der Waals surface area contributed by atoms with Crippen LogP contribution in [0, 0.1) is 19.7 Å². The maximum Gasteiger partial charge on any atom is 0.257 e. The van der Waals surface area contributed by atoms with E-state index in [0.29, 0.717) is 16.3 Å². The lowest BCUT2D eigenvalue weighted by molar-refractivity contribution is 0.102. The molecule has 0 bridgehead atoms. The summed E-state index contributed by atoms with van der Waals surface area (Å²) >= 11 is 1.40. The number of benzene rings is 1. The van der Waals surface area contributed by atoms with Gasteiger partial charge in [0.15, 0.2) is 5.13 Å². The number of carbonyl (C=O) groups is 1. The Morgan fingerprint density at radius 3 is 2.76 bits per heavy atom. The number of nitrogens with one attached hydrogen (secondary N) is 1. The first-order chi connectivity index (χ1) is 8.06. The third-order valence-electron chi connectivity index (χ3n) is 2.26. The first-order valence-corrected chi connectivity index (χ1v) is 5.88. The van der Waals surface area contributed by atoms with Crippen LogP contribution in [0.3, 0.4) is 0 Å². The Hall–Kier alpha value is -1.75. The van der Waals surface area contributed by atoms with Crippen LogP contribution in [-0.2, 0) is 0 Å². The molecule has 1 heterocycles. The second-order valence-electron chi connectivity index (χ2n) is 3.69. The molecule has 0 spiro atoms. The molecule has 0 fully saturated rings. The van der Waals surface area contributed by atoms with Crippen molar-refractivity contribution in [3.05, 3.63) is 46.2 Å². The van der Waals surface area contributed by atoms with E-state index in [1.54, 1.807) is 13.1 Å². The maximum absolute atomic E-state index is 13.1. The van der Waals surface area contributed by atoms with Gasteiger partial charge in [-0.05, 0) is 37.6 Å². The number of rotatable bonds is 2. The van der Waals surface area contributed by atoms with Crippen molar-refractivity contribution in [3.8, 4) is 0 Å². The number of amides is 1. The van der Waals surface area contributed by atoms with Gasteiger partial charge in [0.2, 0.25) is 0 Å². The van der Waals surface area contributed by atoms with Crippen molar-refractivity contribution >= 4 is 22.4 Å². The van der Waals surface area contributed by atoms with Crippen LogP contribution in [0.5, 0.6) is 0 Å². The molecular formula is C12H11FN2OS. The average Bonchev–Trinajstić information content (AvgIpc) is 2.68. The van der Waals surface area contributed by atoms with Crippen LogP contribution in [0.1, 0.15) is 20.8 Å². The fraction of sp³-hybridized carbons (Fsp3) is 0.167. The minimum Gasteiger partial charge on any atom is -0.298 e. The van der Waals surface area contributed by atoms with Crippen molar-refractivity contribution in [1.82, 2.24) is 4.98 Å². The molecule has 1 amide bonds. The number of nitrogens with zero attached hydrogens (tertiary/aromatic N) is 1. The molecule has 0 aliphatic carbocycles. The molecule has 0 aliphatic rings. The van der Waals surface area contributed by atoms with E-state index in [1.807, 2.05) is 6.92 Å². The molecule has 88 valence electrons. The number of halogens is 1. The Labute approximate surface area is 102 Å². The molecular weight excluding hydrogens is 239 g/mol. The number of hydrogen-bond donors (Lipinski definition) is 1. The fourth-order valence-corrected chi connectivity index (χ4v) is 2.03. The van der Waals surface area contributed by atoms with Crippen LogP contribution in [-0.4, -0.2) is 10.9 Å². The summed E-state index contributed by atoms with van der Waals surface area (Å²) in [5, 5.41) is 3.22. The molecule has 3 nitrogen and oxygen atoms in total. The van der Waals surface area contributed by atoms with Gasteiger partial charge in [-0.3, -0.25) is 10.1 Å². The molecule has 2 aromatic rings. The average molecular weight is 250 g/mol. The summed E-state index contributed by atoms with van der Waals surface area (Å²) in [5.74, 6) is -0.589. The van der Waals surface area contributed by atoms with Crippen molar-refractivity contribution in [2.45, 2.75) is 13.8 Å². The van der Waals surface area contributed by atoms with Crippen LogP contribution < -0.4 is 5.32 Å². The van der Waals surface area contributed by atoms with Gasteiger partial charge in [-0.25, -0.2) is 9.37 Å². The number of aromatic nitrogens is 1. The molecule has 0 saturated carbocycles. The second-order valence-corrected chi connectivity index (χ2v) is 4.93. The van der Waals surface area contributed by atoms with Crippen molar-refractivity contribution < 1.29 is 9.18 Å². The number of thiazole rings is 1. The van der Waals surface area contributed by atoms with Gasteiger partial charge in [0.05, 0.1) is 0 Å². The highest BCUT2D eigenvalue weighted by atomic mass is 32.1. The Morgan fingerprint density at radius 2 is 2.18 bits per heavy atom. The summed E-state index contributed by atoms with van der Waals surface area (Å²) in [6.07, 6.45) is 1.69. The van der Waals surface area contributed by atoms with Gasteiger partial charge in [-0.15, -0.1) is 11.3 Å². The molecule has 0 unspecified atom stereocenters. The van der Waals surface area contributed by atoms with E-state index in [1.165, 1.54) is 29.5 Å². The monoisotopic (exact) mass is 250 g/mol. The molecule has 1 aromatic heterocycles. The predicted molar refractivity (Wildman–Crippen MR) is 65.9 cm³/mol. The van der Waals surface area contributed by atoms with Gasteiger partial charge in [-0.2, -0.15) is 0 Å². The smallest absolute Gasteiger partial charge is 0.257 e. The van der Waals surface area contributed by atoms with Crippen molar-refractivity contribution in [2.24, 2.45) is 0 Å². The quantitative estimate of drug-likeness (QED) is 0.889. The summed E-state index contributed by atoms with van der Waals surface area (Å²) in [6, 6.07) is 4.26. The molecule has 0 saturated heterocycles. The molecule has 17 heavy (non-hydrogen) atoms. The number of aryl methyl sites for hydroxylation is 2. The topological polar surface area (TPSA) is 42.0 Å². The van der Waals surface area contributed by atoms with Crippen molar-refractivity contribution in [2.75, 3.05) is 5.32 Å². The van der Waals surface area contributed by atoms with Crippen molar-refractivity contribution in [3.63, 3.8) is 0 Å². The summed E-state index contributed by atoms with van der Waals surface area (Å²) in [4.78, 5) is 16.9. The Kier molecular flexibility index (Phi) is 3.19. The lowest BCUT2D eigenvalue weighted by atomic mass is 10.1. The molecule has 1 N–H and O–H groups in total. The first kappa shape index (κ1) is 11.7. The maximum atomic E-state index is 13.1. The normalized spacial score (nSPS) is 10.3. The SMILES string of the molecule is Cc1cnc(NC(=O)c2ccc(F)c(C)c2)s1. The zero-order valence-electron chi connectivity index (χ0n) is 9.45. The number of hydrogen-bond acceptors (Lipinski definition) is 3. The zero-order valence-corrected chi connectivity index (χ0v) is 10.3. The van der Waals surface area contributed by atoms with Gasteiger partial charge in [0, 0.05) is 16.6 Å². The molecule has 2 rings (SSSR count). The van der Waals surface area contributed by atoms with E-state index in [4.69, 9.17) is 0 Å². The van der Waals surface area contributed by atoms with E-state index in [2.05, 4.69) is 10.3 Å². The largest absolute Gasteiger partial charge is 0.298 e. The molecule has 1 aromatic carbocycles. The highest BCUT2D eigenvalue weighted by Gasteiger charge is 2.09. The van der Waals surface area contributed by atoms with Gasteiger partial charge in [0.25, 0.3) is 5.91 Å². The second kappa shape index (κ2) is 4.63. The highest BCUT2D eigenvalue weighted by Crippen LogP contribution is 2.18. The lowest BCUT2D eigenvalue weighted by Crippen LogP contribution is -2.11. The number of anilines is 1. The predicted octanol–water partition coefficient (Wildman–Crippen LogP) is 3.15. The van der Waals surface area contributed by atoms with Crippen LogP contribution in [0.15, 0.2) is 24.4 Å². The Bertz CT molecular complexity index is 565. The summed E-state index contributed by atoms with van der Waals surface area (Å²) < 4.78 is 13.1. The molecule has 0 aliphatic heterocycles. The zero-order chi connectivity index (χ0) is 12.4. The highest BCUT2D eigenvalue weighted by molar-refractivity contribution is 7.15. The Morgan fingerprint density at radius 1 is 1.41 bits per heavy atom. The van der Waals surface area contributed by atoms with E-state index in [-0.39, 0.29) is 11.7 Å². The van der Waals surface area contributed by atoms with Gasteiger partial charge in [0.1, 0.15) is 5.82 Å². The first-order valence-electron chi connectivity index (χ1n) is 5.06. The summed E-state index contributed by atoms with van der Waals surface area (Å²) in [5.41, 5.74) is 0.879. The van der Waals surface area contributed by atoms with Gasteiger partial charge >= 0.3 is 0 Å². The van der Waals surface area contributed by atoms with Gasteiger partial charge < -0.3 is 0 Å². The molecule has 0 radical (unpaired) electrons. The Balaban J connectivity index is 2.17. The minimum atomic E-state index is -0.313. The summed E-state index contributed by atoms with van der Waals surface area (Å²) in [6.45, 7) is 3.54. The lowest BCUT2D eigenvalue weighted by Gasteiger charge is -2.03. The molecule has 5 heteroatoms. The van der Waals surface area contributed by atoms with Crippen LogP contribution in [0.25, 0.3) is 0 Å². The van der Waals surface area contributed by atoms with Crippen molar-refractivity contribution in [1.29, 1.82) is 0 Å². The van der Waals surface area contributed by atoms with Gasteiger partial charge in [-0.1, -0.05) is 0 Å². The third-order valence-corrected chi connectivity index (χ3v) is 3.09. The molecule has 0 atom stereocenters. The van der Waals surface area contributed by atoms with Crippen LogP contribution in [0.2, 0.25) is 0 Å². The van der Waals surface area contributed by atoms with Crippen LogP contribution >= 0.6 is 11.3 Å². The van der Waals surface area contributed by atoms with E-state index >= 15 is 0 Å². The minimum absolute atomic E-state index is 0.276. The van der Waals surface area contributed by atoms with E-state index in [0.717, 1.165) is 4.88 Å². The fourth-order valence-electron chi connectivity index (χ4n) is 1.37. The van der Waals surface area contributed by atoms with Crippen LogP contribution in [0.4, 0.5) is 9.52 Å². The number of carbonyl (C=O) groups excluding carboxylic acids is 1. The van der Waals surface area contributed by atoms with E-state index in [9.17, 15) is 9.18 Å². The van der Waals surface area contributed by atoms with E-state index < -0.39 is 0 Å². The third kappa shape index (κ3) is 2.68. The summed E-state index contributed by atoms with van der Waals surface area (Å²) in [7, 11) is 0. The standard InChI is InChI=1S/C12H11FN2OS/c1-7-5-9(3-4-10(7)13)11(16)15-12-14-6-8(2)17-12/h3-6H,1-2H3,(H,14,15,16).